The molecule has 44 heavy (non-hydrogen) atoms. The van der Waals surface area contributed by atoms with E-state index in [1.54, 1.807) is 13.0 Å². The number of aryl methyl sites for hydroxylation is 1. The van der Waals surface area contributed by atoms with E-state index in [0.29, 0.717) is 5.56 Å². The van der Waals surface area contributed by atoms with Crippen LogP contribution < -0.4 is 16.4 Å². The molecule has 2 aromatic rings. The molecule has 0 aromatic heterocycles. The Morgan fingerprint density at radius 3 is 2.16 bits per heavy atom. The van der Waals surface area contributed by atoms with Crippen molar-refractivity contribution in [3.8, 4) is 0 Å². The Morgan fingerprint density at radius 1 is 0.932 bits per heavy atom. The largest absolute Gasteiger partial charge is 0.416 e. The number of aliphatic imine (C=N–C) groups is 1. The summed E-state index contributed by atoms with van der Waals surface area (Å²) < 4.78 is 118. The number of para-hydroxylation sites is 1. The molecule has 1 aliphatic rings. The summed E-state index contributed by atoms with van der Waals surface area (Å²) >= 11 is 0. The number of benzodiazepines with no additional fused rings is 1. The van der Waals surface area contributed by atoms with Gasteiger partial charge in [-0.05, 0) is 43.9 Å². The second-order valence-electron chi connectivity index (χ2n) is 10.2. The van der Waals surface area contributed by atoms with E-state index in [9.17, 15) is 53.9 Å². The van der Waals surface area contributed by atoms with Crippen LogP contribution in [-0.4, -0.2) is 42.0 Å². The average molecular weight is 639 g/mol. The zero-order chi connectivity index (χ0) is 33.0. The highest BCUT2D eigenvalue weighted by molar-refractivity contribution is 6.20. The van der Waals surface area contributed by atoms with Gasteiger partial charge in [-0.15, -0.1) is 0 Å². The summed E-state index contributed by atoms with van der Waals surface area (Å²) in [4.78, 5) is 42.9. The first-order valence-corrected chi connectivity index (χ1v) is 13.2. The number of alkyl halides is 9. The van der Waals surface area contributed by atoms with Crippen LogP contribution in [0.5, 0.6) is 0 Å². The van der Waals surface area contributed by atoms with Crippen molar-refractivity contribution in [3.63, 3.8) is 0 Å². The van der Waals surface area contributed by atoms with Crippen LogP contribution in [0.25, 0.3) is 0 Å². The number of carbonyl (C=O) groups is 3. The van der Waals surface area contributed by atoms with Gasteiger partial charge in [-0.2, -0.15) is 39.5 Å². The third kappa shape index (κ3) is 9.19. The van der Waals surface area contributed by atoms with E-state index in [1.807, 2.05) is 0 Å². The van der Waals surface area contributed by atoms with Crippen LogP contribution in [0.1, 0.15) is 54.4 Å². The number of benzene rings is 2. The number of hydrogen-bond donors (Lipinski definition) is 3. The Kier molecular flexibility index (Phi) is 10.4. The van der Waals surface area contributed by atoms with Gasteiger partial charge in [0.2, 0.25) is 18.0 Å². The molecule has 4 N–H and O–H groups in total. The Balaban J connectivity index is 2.04. The second-order valence-corrected chi connectivity index (χ2v) is 10.2. The number of halogens is 9. The summed E-state index contributed by atoms with van der Waals surface area (Å²) in [5.41, 5.74) is 4.72. The smallest absolute Gasteiger partial charge is 0.369 e. The molecule has 0 fully saturated rings. The summed E-state index contributed by atoms with van der Waals surface area (Å²) in [5.74, 6) is -7.34. The number of amides is 3. The van der Waals surface area contributed by atoms with Gasteiger partial charge in [-0.25, -0.2) is 4.99 Å². The number of nitrogens with zero attached hydrogens (tertiary/aromatic N) is 1. The van der Waals surface area contributed by atoms with Gasteiger partial charge in [0.1, 0.15) is 0 Å². The maximum atomic E-state index is 13.5. The number of nitrogens with one attached hydrogen (secondary N) is 2. The molecule has 1 heterocycles. The van der Waals surface area contributed by atoms with E-state index in [2.05, 4.69) is 15.6 Å². The van der Waals surface area contributed by atoms with E-state index < -0.39 is 91.9 Å². The molecule has 240 valence electrons. The van der Waals surface area contributed by atoms with Gasteiger partial charge in [-0.3, -0.25) is 14.4 Å². The predicted molar refractivity (Wildman–Crippen MR) is 140 cm³/mol. The van der Waals surface area contributed by atoms with Gasteiger partial charge in [-0.1, -0.05) is 30.3 Å². The van der Waals surface area contributed by atoms with Gasteiger partial charge in [0.25, 0.3) is 5.91 Å². The minimum absolute atomic E-state index is 0.113. The van der Waals surface area contributed by atoms with Crippen molar-refractivity contribution < 1.29 is 53.9 Å². The fourth-order valence-corrected chi connectivity index (χ4v) is 4.79. The highest BCUT2D eigenvalue weighted by Gasteiger charge is 2.39. The van der Waals surface area contributed by atoms with Crippen molar-refractivity contribution in [1.82, 2.24) is 5.32 Å². The molecule has 0 radical (unpaired) electrons. The summed E-state index contributed by atoms with van der Waals surface area (Å²) in [6, 6.07) is 8.48. The van der Waals surface area contributed by atoms with Gasteiger partial charge in [0, 0.05) is 35.8 Å². The normalized spacial score (nSPS) is 17.1. The molecule has 3 atom stereocenters. The number of anilines is 1. The van der Waals surface area contributed by atoms with Crippen LogP contribution >= 0.6 is 0 Å². The van der Waals surface area contributed by atoms with Gasteiger partial charge in [0.15, 0.2) is 0 Å². The molecule has 0 spiro atoms. The van der Waals surface area contributed by atoms with Gasteiger partial charge >= 0.3 is 18.5 Å². The minimum atomic E-state index is -4.82. The van der Waals surface area contributed by atoms with Crippen LogP contribution in [-0.2, 0) is 20.6 Å². The van der Waals surface area contributed by atoms with Crippen molar-refractivity contribution >= 4 is 29.1 Å². The molecule has 3 unspecified atom stereocenters. The highest BCUT2D eigenvalue weighted by Crippen LogP contribution is 2.34. The quantitative estimate of drug-likeness (QED) is 0.276. The lowest BCUT2D eigenvalue weighted by Crippen LogP contribution is -2.48. The van der Waals surface area contributed by atoms with Gasteiger partial charge in [0.05, 0.1) is 17.0 Å². The third-order valence-electron chi connectivity index (χ3n) is 6.93. The zero-order valence-corrected chi connectivity index (χ0v) is 23.0. The zero-order valence-electron chi connectivity index (χ0n) is 23.0. The van der Waals surface area contributed by atoms with Crippen molar-refractivity contribution in [2.45, 2.75) is 63.7 Å². The number of hydrogen-bond acceptors (Lipinski definition) is 4. The highest BCUT2D eigenvalue weighted by atomic mass is 19.4. The number of carbonyl (C=O) groups excluding carboxylic acids is 3. The molecule has 1 aliphatic heterocycles. The monoisotopic (exact) mass is 638 g/mol. The Bertz CT molecular complexity index is 1420. The summed E-state index contributed by atoms with van der Waals surface area (Å²) in [6.45, 7) is 1.58. The SMILES string of the molecule is Cc1cccc2c1NC(=O)C(NC(=O)C(CCC(F)(F)F)C(CCCC(F)(F)F)C(N)=O)N=C2c1cccc(C(F)(F)F)c1. The molecular formula is C28H27F9N4O3. The number of primary amides is 1. The first-order valence-electron chi connectivity index (χ1n) is 13.2. The Hall–Kier alpha value is -4.11. The fraction of sp³-hybridized carbons (Fsp3) is 0.429. The van der Waals surface area contributed by atoms with Crippen LogP contribution in [0.2, 0.25) is 0 Å². The summed E-state index contributed by atoms with van der Waals surface area (Å²) in [6.07, 6.45) is -21.6. The van der Waals surface area contributed by atoms with E-state index in [0.717, 1.165) is 18.2 Å². The molecular weight excluding hydrogens is 611 g/mol. The van der Waals surface area contributed by atoms with Crippen molar-refractivity contribution in [2.75, 3.05) is 5.32 Å². The summed E-state index contributed by atoms with van der Waals surface area (Å²) in [7, 11) is 0. The lowest BCUT2D eigenvalue weighted by atomic mass is 9.83. The second kappa shape index (κ2) is 13.3. The summed E-state index contributed by atoms with van der Waals surface area (Å²) in [5, 5.41) is 4.63. The van der Waals surface area contributed by atoms with E-state index >= 15 is 0 Å². The minimum Gasteiger partial charge on any atom is -0.369 e. The van der Waals surface area contributed by atoms with Crippen LogP contribution in [0, 0.1) is 18.8 Å². The van der Waals surface area contributed by atoms with E-state index in [1.165, 1.54) is 18.2 Å². The molecule has 7 nitrogen and oxygen atoms in total. The molecule has 3 amide bonds. The number of nitrogens with two attached hydrogens (primary N) is 1. The molecule has 0 bridgehead atoms. The molecule has 2 aromatic carbocycles. The maximum Gasteiger partial charge on any atom is 0.416 e. The third-order valence-corrected chi connectivity index (χ3v) is 6.93. The molecule has 0 saturated heterocycles. The average Bonchev–Trinajstić information content (AvgIpc) is 3.03. The first-order chi connectivity index (χ1) is 20.3. The van der Waals surface area contributed by atoms with Gasteiger partial charge < -0.3 is 16.4 Å². The first kappa shape index (κ1) is 34.4. The maximum absolute atomic E-state index is 13.5. The topological polar surface area (TPSA) is 114 Å². The molecule has 16 heteroatoms. The van der Waals surface area contributed by atoms with Crippen LogP contribution in [0.15, 0.2) is 47.5 Å². The van der Waals surface area contributed by atoms with Crippen LogP contribution in [0.4, 0.5) is 45.2 Å². The number of fused-ring (bicyclic) bond motifs is 1. The van der Waals surface area contributed by atoms with Crippen molar-refractivity contribution in [3.05, 3.63) is 64.7 Å². The lowest BCUT2D eigenvalue weighted by molar-refractivity contribution is -0.147. The van der Waals surface area contributed by atoms with Crippen molar-refractivity contribution in [1.29, 1.82) is 0 Å². The molecule has 0 saturated carbocycles. The predicted octanol–water partition coefficient (Wildman–Crippen LogP) is 6.04. The van der Waals surface area contributed by atoms with Crippen LogP contribution in [0.3, 0.4) is 0 Å². The lowest BCUT2D eigenvalue weighted by Gasteiger charge is -2.26. The van der Waals surface area contributed by atoms with Crippen molar-refractivity contribution in [2.24, 2.45) is 22.6 Å². The fourth-order valence-electron chi connectivity index (χ4n) is 4.79. The Labute approximate surface area is 245 Å². The van der Waals surface area contributed by atoms with E-state index in [4.69, 9.17) is 5.73 Å². The molecule has 0 aliphatic carbocycles. The molecule has 3 rings (SSSR count). The Morgan fingerprint density at radius 2 is 1.57 bits per heavy atom. The van der Waals surface area contributed by atoms with E-state index in [-0.39, 0.29) is 22.5 Å². The number of rotatable bonds is 10. The standard InChI is InChI=1S/C28H27F9N4O3/c1-14-5-2-8-19-20(14)40-25(44)23(39-21(19)15-6-3-7-16(13-15)28(35,36)37)41-24(43)18(10-12-27(32,33)34)17(22(38)42)9-4-11-26(29,30)31/h2-3,5-8,13,17-18,23H,4,9-12H2,1H3,(H2,38,42)(H,40,44)(H,41,43).